The maximum atomic E-state index is 13.1. The predicted molar refractivity (Wildman–Crippen MR) is 146 cm³/mol. The number of carbonyl (C=O) groups is 1. The molecule has 0 aliphatic heterocycles. The van der Waals surface area contributed by atoms with E-state index in [2.05, 4.69) is 51.4 Å². The molecular weight excluding hydrogens is 492 g/mol. The van der Waals surface area contributed by atoms with Crippen LogP contribution in [0.3, 0.4) is 0 Å². The van der Waals surface area contributed by atoms with Gasteiger partial charge in [0.05, 0.1) is 17.1 Å². The molecule has 3 aromatic heterocycles. The van der Waals surface area contributed by atoms with Crippen LogP contribution in [0.5, 0.6) is 0 Å². The molecule has 36 heavy (non-hydrogen) atoms. The summed E-state index contributed by atoms with van der Waals surface area (Å²) >= 11 is 2.99. The van der Waals surface area contributed by atoms with E-state index in [-0.39, 0.29) is 28.9 Å². The Morgan fingerprint density at radius 2 is 1.81 bits per heavy atom. The average molecular weight is 519 g/mol. The summed E-state index contributed by atoms with van der Waals surface area (Å²) in [6.45, 7) is 5.96. The molecule has 8 nitrogen and oxygen atoms in total. The van der Waals surface area contributed by atoms with Crippen molar-refractivity contribution in [3.63, 3.8) is 0 Å². The van der Waals surface area contributed by atoms with Crippen LogP contribution in [0.4, 0.5) is 5.69 Å². The molecule has 0 fully saturated rings. The van der Waals surface area contributed by atoms with Gasteiger partial charge in [0, 0.05) is 34.1 Å². The van der Waals surface area contributed by atoms with Gasteiger partial charge in [0.15, 0.2) is 11.0 Å². The van der Waals surface area contributed by atoms with Gasteiger partial charge in [-0.05, 0) is 39.0 Å². The first-order chi connectivity index (χ1) is 17.4. The number of hydrogen-bond donors (Lipinski definition) is 1. The van der Waals surface area contributed by atoms with E-state index in [1.54, 1.807) is 27.7 Å². The van der Waals surface area contributed by atoms with E-state index >= 15 is 0 Å². The number of thioether (sulfide) groups is 1. The van der Waals surface area contributed by atoms with Crippen LogP contribution in [-0.2, 0) is 11.8 Å². The Kier molecular flexibility index (Phi) is 6.55. The molecule has 0 radical (unpaired) electrons. The van der Waals surface area contributed by atoms with Crippen molar-refractivity contribution in [3.8, 4) is 17.1 Å². The van der Waals surface area contributed by atoms with Crippen LogP contribution in [0.15, 0.2) is 69.9 Å². The largest absolute Gasteiger partial charge is 0.319 e. The molecule has 0 spiro atoms. The molecule has 2 aromatic carbocycles. The highest BCUT2D eigenvalue weighted by Gasteiger charge is 2.22. The quantitative estimate of drug-likeness (QED) is 0.297. The number of hydrogen-bond acceptors (Lipinski definition) is 6. The van der Waals surface area contributed by atoms with Gasteiger partial charge < -0.3 is 5.32 Å². The number of rotatable bonds is 7. The highest BCUT2D eigenvalue weighted by atomic mass is 32.2. The van der Waals surface area contributed by atoms with E-state index < -0.39 is 0 Å². The van der Waals surface area contributed by atoms with E-state index in [9.17, 15) is 9.59 Å². The third-order valence-electron chi connectivity index (χ3n) is 6.05. The summed E-state index contributed by atoms with van der Waals surface area (Å²) in [5, 5.41) is 15.6. The molecule has 0 saturated heterocycles. The topological polar surface area (TPSA) is 86.7 Å². The summed E-state index contributed by atoms with van der Waals surface area (Å²) in [7, 11) is 1.80. The minimum absolute atomic E-state index is 0.105. The lowest BCUT2D eigenvalue weighted by molar-refractivity contribution is -0.113. The molecule has 0 aliphatic carbocycles. The van der Waals surface area contributed by atoms with Gasteiger partial charge in [-0.2, -0.15) is 0 Å². The van der Waals surface area contributed by atoms with Gasteiger partial charge in [0.25, 0.3) is 5.56 Å². The normalized spacial score (nSPS) is 11.5. The first kappa shape index (κ1) is 24.1. The maximum Gasteiger partial charge on any atom is 0.295 e. The SMILES string of the molecule is Cc1c(NC(=O)CSc2nnc(-c3csc4ccccc34)n2C(C)C)c(=O)n(-c2ccccc2)n1C. The third-order valence-corrected chi connectivity index (χ3v) is 7.96. The second-order valence-corrected chi connectivity index (χ2v) is 10.5. The standard InChI is InChI=1S/C26H26N6O2S2/c1-16(2)31-24(20-14-35-21-13-9-8-12-19(20)21)28-29-26(31)36-15-22(33)27-23-17(3)30(4)32(25(23)34)18-10-6-5-7-11-18/h5-14,16H,15H2,1-4H3,(H,27,33). The summed E-state index contributed by atoms with van der Waals surface area (Å²) < 4.78 is 6.54. The molecule has 1 N–H and O–H groups in total. The molecule has 10 heteroatoms. The zero-order valence-electron chi connectivity index (χ0n) is 20.4. The molecule has 0 bridgehead atoms. The summed E-state index contributed by atoms with van der Waals surface area (Å²) in [6.07, 6.45) is 0. The zero-order valence-corrected chi connectivity index (χ0v) is 22.1. The van der Waals surface area contributed by atoms with Crippen molar-refractivity contribution >= 4 is 44.8 Å². The molecular formula is C26H26N6O2S2. The van der Waals surface area contributed by atoms with Crippen molar-refractivity contribution in [1.29, 1.82) is 0 Å². The van der Waals surface area contributed by atoms with E-state index in [1.807, 2.05) is 49.4 Å². The van der Waals surface area contributed by atoms with Crippen molar-refractivity contribution in [2.75, 3.05) is 11.1 Å². The summed E-state index contributed by atoms with van der Waals surface area (Å²) in [5.74, 6) is 0.621. The molecule has 0 aliphatic rings. The summed E-state index contributed by atoms with van der Waals surface area (Å²) in [5.41, 5.74) is 2.47. The second-order valence-electron chi connectivity index (χ2n) is 8.69. The van der Waals surface area contributed by atoms with Crippen molar-refractivity contribution in [1.82, 2.24) is 24.1 Å². The van der Waals surface area contributed by atoms with Gasteiger partial charge in [-0.15, -0.1) is 21.5 Å². The molecule has 1 amide bonds. The number of anilines is 1. The Morgan fingerprint density at radius 3 is 2.56 bits per heavy atom. The number of fused-ring (bicyclic) bond motifs is 1. The van der Waals surface area contributed by atoms with Gasteiger partial charge in [0.2, 0.25) is 5.91 Å². The first-order valence-corrected chi connectivity index (χ1v) is 13.4. The van der Waals surface area contributed by atoms with Crippen LogP contribution in [0.25, 0.3) is 27.2 Å². The van der Waals surface area contributed by atoms with Crippen molar-refractivity contribution in [2.45, 2.75) is 32.0 Å². The number of benzene rings is 2. The van der Waals surface area contributed by atoms with Crippen molar-refractivity contribution < 1.29 is 4.79 Å². The number of para-hydroxylation sites is 1. The smallest absolute Gasteiger partial charge is 0.295 e. The number of amides is 1. The molecule has 0 unspecified atom stereocenters. The Labute approximate surface area is 216 Å². The Bertz CT molecular complexity index is 1610. The molecule has 3 heterocycles. The Morgan fingerprint density at radius 1 is 1.08 bits per heavy atom. The number of aromatic nitrogens is 5. The van der Waals surface area contributed by atoms with Crippen LogP contribution in [0.1, 0.15) is 25.6 Å². The van der Waals surface area contributed by atoms with E-state index in [0.29, 0.717) is 10.9 Å². The van der Waals surface area contributed by atoms with Gasteiger partial charge >= 0.3 is 0 Å². The lowest BCUT2D eigenvalue weighted by Gasteiger charge is -2.13. The predicted octanol–water partition coefficient (Wildman–Crippen LogP) is 5.27. The fourth-order valence-electron chi connectivity index (χ4n) is 4.19. The Balaban J connectivity index is 1.37. The molecule has 0 saturated carbocycles. The van der Waals surface area contributed by atoms with E-state index in [4.69, 9.17) is 0 Å². The van der Waals surface area contributed by atoms with Gasteiger partial charge in [0.1, 0.15) is 5.69 Å². The van der Waals surface area contributed by atoms with Gasteiger partial charge in [-0.25, -0.2) is 4.68 Å². The molecule has 5 rings (SSSR count). The van der Waals surface area contributed by atoms with Crippen LogP contribution < -0.4 is 10.9 Å². The van der Waals surface area contributed by atoms with Gasteiger partial charge in [-0.3, -0.25) is 18.8 Å². The summed E-state index contributed by atoms with van der Waals surface area (Å²) in [4.78, 5) is 26.0. The van der Waals surface area contributed by atoms with Crippen LogP contribution >= 0.6 is 23.1 Å². The fraction of sp³-hybridized carbons (Fsp3) is 0.231. The highest BCUT2D eigenvalue weighted by molar-refractivity contribution is 7.99. The third kappa shape index (κ3) is 4.27. The maximum absolute atomic E-state index is 13.1. The minimum atomic E-state index is -0.271. The lowest BCUT2D eigenvalue weighted by Crippen LogP contribution is -2.23. The van der Waals surface area contributed by atoms with Crippen LogP contribution in [0, 0.1) is 6.92 Å². The molecule has 0 atom stereocenters. The lowest BCUT2D eigenvalue weighted by atomic mass is 10.1. The second kappa shape index (κ2) is 9.79. The highest BCUT2D eigenvalue weighted by Crippen LogP contribution is 2.35. The van der Waals surface area contributed by atoms with Crippen LogP contribution in [-0.4, -0.2) is 35.8 Å². The van der Waals surface area contributed by atoms with E-state index in [1.165, 1.54) is 16.5 Å². The van der Waals surface area contributed by atoms with Crippen molar-refractivity contribution in [3.05, 3.63) is 76.0 Å². The number of nitrogens with one attached hydrogen (secondary N) is 1. The minimum Gasteiger partial charge on any atom is -0.319 e. The zero-order chi connectivity index (χ0) is 25.4. The first-order valence-electron chi connectivity index (χ1n) is 11.5. The molecule has 5 aromatic rings. The van der Waals surface area contributed by atoms with Crippen molar-refractivity contribution in [2.24, 2.45) is 7.05 Å². The van der Waals surface area contributed by atoms with Crippen LogP contribution in [0.2, 0.25) is 0 Å². The number of thiophene rings is 1. The number of carbonyl (C=O) groups excluding carboxylic acids is 1. The number of nitrogens with zero attached hydrogens (tertiary/aromatic N) is 5. The average Bonchev–Trinajstić information content (AvgIpc) is 3.55. The van der Waals surface area contributed by atoms with Gasteiger partial charge in [-0.1, -0.05) is 48.2 Å². The Hall–Kier alpha value is -3.63. The monoisotopic (exact) mass is 518 g/mol. The van der Waals surface area contributed by atoms with E-state index in [0.717, 1.165) is 22.5 Å². The summed E-state index contributed by atoms with van der Waals surface area (Å²) in [6, 6.07) is 17.7. The molecule has 184 valence electrons. The fourth-order valence-corrected chi connectivity index (χ4v) is 6.00.